The molecule has 0 radical (unpaired) electrons. The Bertz CT molecular complexity index is 508. The van der Waals surface area contributed by atoms with Crippen molar-refractivity contribution in [2.75, 3.05) is 24.6 Å². The van der Waals surface area contributed by atoms with Gasteiger partial charge in [0.2, 0.25) is 0 Å². The van der Waals surface area contributed by atoms with Crippen LogP contribution < -0.4 is 4.90 Å². The van der Waals surface area contributed by atoms with Gasteiger partial charge in [-0.15, -0.1) is 0 Å². The minimum absolute atomic E-state index is 0.213. The molecule has 1 aliphatic rings. The van der Waals surface area contributed by atoms with E-state index in [0.717, 1.165) is 31.5 Å². The maximum Gasteiger partial charge on any atom is 0.331 e. The van der Waals surface area contributed by atoms with Crippen molar-refractivity contribution in [1.29, 1.82) is 0 Å². The average Bonchev–Trinajstić information content (AvgIpc) is 2.78. The van der Waals surface area contributed by atoms with Crippen LogP contribution in [-0.4, -0.2) is 35.9 Å². The molecule has 4 nitrogen and oxygen atoms in total. The first-order valence-corrected chi connectivity index (χ1v) is 6.52. The van der Waals surface area contributed by atoms with Crippen LogP contribution in [0, 0.1) is 0 Å². The van der Waals surface area contributed by atoms with Gasteiger partial charge in [0.25, 0.3) is 0 Å². The number of rotatable bonds is 5. The van der Waals surface area contributed by atoms with Crippen LogP contribution in [0.25, 0.3) is 6.08 Å². The molecule has 0 aromatic heterocycles. The number of nitrogens with zero attached hydrogens (tertiary/aromatic N) is 1. The van der Waals surface area contributed by atoms with Crippen LogP contribution in [0.4, 0.5) is 5.69 Å². The molecule has 1 aliphatic heterocycles. The summed E-state index contributed by atoms with van der Waals surface area (Å²) < 4.78 is 0. The minimum Gasteiger partial charge on any atom is -0.478 e. The fourth-order valence-electron chi connectivity index (χ4n) is 2.39. The standard InChI is InChI=1S/C15H19NO3/c1-11(15(18)19)9-12-3-4-14-13(10-12)5-7-16(14)6-2-8-17/h3-4,9-10,17H,2,5-8H2,1H3,(H,18,19). The van der Waals surface area contributed by atoms with E-state index in [1.54, 1.807) is 13.0 Å². The number of aliphatic carboxylic acids is 1. The van der Waals surface area contributed by atoms with E-state index in [1.807, 2.05) is 12.1 Å². The summed E-state index contributed by atoms with van der Waals surface area (Å²) in [4.78, 5) is 13.1. The van der Waals surface area contributed by atoms with Crippen LogP contribution in [0.3, 0.4) is 0 Å². The van der Waals surface area contributed by atoms with Crippen molar-refractivity contribution in [2.24, 2.45) is 0 Å². The molecular formula is C15H19NO3. The molecule has 0 fully saturated rings. The van der Waals surface area contributed by atoms with Gasteiger partial charge in [-0.25, -0.2) is 4.79 Å². The molecule has 0 spiro atoms. The topological polar surface area (TPSA) is 60.8 Å². The van der Waals surface area contributed by atoms with Crippen LogP contribution >= 0.6 is 0 Å². The molecule has 2 rings (SSSR count). The van der Waals surface area contributed by atoms with Crippen LogP contribution in [0.1, 0.15) is 24.5 Å². The van der Waals surface area contributed by atoms with E-state index in [2.05, 4.69) is 11.0 Å². The highest BCUT2D eigenvalue weighted by atomic mass is 16.4. The molecule has 1 aromatic carbocycles. The van der Waals surface area contributed by atoms with Crippen LogP contribution in [0.15, 0.2) is 23.8 Å². The normalized spacial score (nSPS) is 14.6. The van der Waals surface area contributed by atoms with Gasteiger partial charge in [-0.2, -0.15) is 0 Å². The number of aliphatic hydroxyl groups is 1. The lowest BCUT2D eigenvalue weighted by molar-refractivity contribution is -0.132. The predicted molar refractivity (Wildman–Crippen MR) is 75.3 cm³/mol. The lowest BCUT2D eigenvalue weighted by Crippen LogP contribution is -2.22. The Balaban J connectivity index is 2.18. The summed E-state index contributed by atoms with van der Waals surface area (Å²) in [6.07, 6.45) is 3.45. The molecule has 19 heavy (non-hydrogen) atoms. The molecule has 0 aliphatic carbocycles. The van der Waals surface area contributed by atoms with Crippen molar-refractivity contribution in [2.45, 2.75) is 19.8 Å². The van der Waals surface area contributed by atoms with E-state index < -0.39 is 5.97 Å². The monoisotopic (exact) mass is 261 g/mol. The molecule has 0 saturated carbocycles. The number of fused-ring (bicyclic) bond motifs is 1. The fourth-order valence-corrected chi connectivity index (χ4v) is 2.39. The predicted octanol–water partition coefficient (Wildman–Crippen LogP) is 1.92. The highest BCUT2D eigenvalue weighted by molar-refractivity contribution is 5.91. The van der Waals surface area contributed by atoms with E-state index in [0.29, 0.717) is 5.57 Å². The van der Waals surface area contributed by atoms with Gasteiger partial charge in [0.1, 0.15) is 0 Å². The third kappa shape index (κ3) is 3.15. The van der Waals surface area contributed by atoms with E-state index in [1.165, 1.54) is 11.3 Å². The third-order valence-electron chi connectivity index (χ3n) is 3.40. The van der Waals surface area contributed by atoms with Gasteiger partial charge in [0.05, 0.1) is 0 Å². The van der Waals surface area contributed by atoms with Gasteiger partial charge < -0.3 is 15.1 Å². The van der Waals surface area contributed by atoms with Gasteiger partial charge in [0.15, 0.2) is 0 Å². The second-order valence-electron chi connectivity index (χ2n) is 4.83. The smallest absolute Gasteiger partial charge is 0.331 e. The number of aliphatic hydroxyl groups excluding tert-OH is 1. The molecule has 1 aromatic rings. The lowest BCUT2D eigenvalue weighted by Gasteiger charge is -2.18. The van der Waals surface area contributed by atoms with Crippen molar-refractivity contribution in [3.05, 3.63) is 34.9 Å². The highest BCUT2D eigenvalue weighted by Crippen LogP contribution is 2.29. The zero-order valence-electron chi connectivity index (χ0n) is 11.1. The Morgan fingerprint density at radius 2 is 2.26 bits per heavy atom. The Morgan fingerprint density at radius 1 is 1.47 bits per heavy atom. The minimum atomic E-state index is -0.884. The Hall–Kier alpha value is -1.81. The van der Waals surface area contributed by atoms with Gasteiger partial charge in [-0.1, -0.05) is 6.07 Å². The van der Waals surface area contributed by atoms with Gasteiger partial charge in [-0.3, -0.25) is 0 Å². The van der Waals surface area contributed by atoms with Crippen molar-refractivity contribution >= 4 is 17.7 Å². The summed E-state index contributed by atoms with van der Waals surface area (Å²) in [5.74, 6) is -0.884. The summed E-state index contributed by atoms with van der Waals surface area (Å²) >= 11 is 0. The summed E-state index contributed by atoms with van der Waals surface area (Å²) in [6.45, 7) is 3.65. The SMILES string of the molecule is CC(=Cc1ccc2c(c1)CCN2CCCO)C(=O)O. The maximum absolute atomic E-state index is 10.8. The number of hydrogen-bond donors (Lipinski definition) is 2. The van der Waals surface area contributed by atoms with Crippen LogP contribution in [0.5, 0.6) is 0 Å². The molecule has 0 amide bonds. The lowest BCUT2D eigenvalue weighted by atomic mass is 10.1. The average molecular weight is 261 g/mol. The van der Waals surface area contributed by atoms with Crippen molar-refractivity contribution in [3.63, 3.8) is 0 Å². The molecular weight excluding hydrogens is 242 g/mol. The summed E-state index contributed by atoms with van der Waals surface area (Å²) in [7, 11) is 0. The van der Waals surface area contributed by atoms with Crippen LogP contribution in [0.2, 0.25) is 0 Å². The largest absolute Gasteiger partial charge is 0.478 e. The fraction of sp³-hybridized carbons (Fsp3) is 0.400. The number of hydrogen-bond acceptors (Lipinski definition) is 3. The first-order valence-electron chi connectivity index (χ1n) is 6.52. The maximum atomic E-state index is 10.8. The van der Waals surface area contributed by atoms with E-state index >= 15 is 0 Å². The zero-order chi connectivity index (χ0) is 13.8. The van der Waals surface area contributed by atoms with Crippen molar-refractivity contribution < 1.29 is 15.0 Å². The molecule has 0 saturated heterocycles. The molecule has 0 bridgehead atoms. The molecule has 1 heterocycles. The van der Waals surface area contributed by atoms with Gasteiger partial charge in [0, 0.05) is 31.0 Å². The number of carboxylic acid groups (broad SMARTS) is 1. The molecule has 0 atom stereocenters. The quantitative estimate of drug-likeness (QED) is 0.795. The second kappa shape index (κ2) is 5.89. The summed E-state index contributed by atoms with van der Waals surface area (Å²) in [5.41, 5.74) is 3.74. The van der Waals surface area contributed by atoms with E-state index in [-0.39, 0.29) is 6.61 Å². The van der Waals surface area contributed by atoms with E-state index in [4.69, 9.17) is 10.2 Å². The Kier molecular flexibility index (Phi) is 4.22. The number of anilines is 1. The molecule has 0 unspecified atom stereocenters. The number of benzene rings is 1. The number of carboxylic acids is 1. The first-order chi connectivity index (χ1) is 9.11. The Morgan fingerprint density at radius 3 is 2.95 bits per heavy atom. The van der Waals surface area contributed by atoms with Gasteiger partial charge >= 0.3 is 5.97 Å². The van der Waals surface area contributed by atoms with E-state index in [9.17, 15) is 4.79 Å². The van der Waals surface area contributed by atoms with Crippen molar-refractivity contribution in [1.82, 2.24) is 0 Å². The van der Waals surface area contributed by atoms with Crippen molar-refractivity contribution in [3.8, 4) is 0 Å². The molecule has 102 valence electrons. The zero-order valence-corrected chi connectivity index (χ0v) is 11.1. The van der Waals surface area contributed by atoms with Gasteiger partial charge in [-0.05, 0) is 49.1 Å². The number of carbonyl (C=O) groups is 1. The summed E-state index contributed by atoms with van der Waals surface area (Å²) in [6, 6.07) is 6.05. The summed E-state index contributed by atoms with van der Waals surface area (Å²) in [5, 5.41) is 17.8. The third-order valence-corrected chi connectivity index (χ3v) is 3.40. The van der Waals surface area contributed by atoms with Crippen LogP contribution in [-0.2, 0) is 11.2 Å². The highest BCUT2D eigenvalue weighted by Gasteiger charge is 2.18. The molecule has 2 N–H and O–H groups in total. The first kappa shape index (κ1) is 13.6. The second-order valence-corrected chi connectivity index (χ2v) is 4.83. The molecule has 4 heteroatoms. The Labute approximate surface area is 113 Å².